The van der Waals surface area contributed by atoms with Crippen LogP contribution in [0.2, 0.25) is 0 Å². The van der Waals surface area contributed by atoms with Gasteiger partial charge >= 0.3 is 5.97 Å². The van der Waals surface area contributed by atoms with E-state index in [1.165, 1.54) is 45.6 Å². The first-order valence-electron chi connectivity index (χ1n) is 14.9. The predicted molar refractivity (Wildman–Crippen MR) is 156 cm³/mol. The Kier molecular flexibility index (Phi) is 8.29. The summed E-state index contributed by atoms with van der Waals surface area (Å²) in [4.78, 5) is 44.6. The molecule has 9 heteroatoms. The number of esters is 1. The number of anilines is 2. The number of amides is 1. The summed E-state index contributed by atoms with van der Waals surface area (Å²) in [5.74, 6) is 2.30. The molecule has 2 aromatic rings. The van der Waals surface area contributed by atoms with E-state index in [1.807, 2.05) is 24.8 Å². The number of carbonyl (C=O) groups excluding carboxylic acids is 2. The largest absolute Gasteiger partial charge is 0.465 e. The van der Waals surface area contributed by atoms with Gasteiger partial charge in [-0.15, -0.1) is 0 Å². The Morgan fingerprint density at radius 3 is 2.42 bits per heavy atom. The first kappa shape index (κ1) is 28.3. The summed E-state index contributed by atoms with van der Waals surface area (Å²) in [6, 6.07) is 1.93. The topological polar surface area (TPSA) is 101 Å². The lowest BCUT2D eigenvalue weighted by Crippen LogP contribution is -2.61. The minimum atomic E-state index is -0.448. The third-order valence-corrected chi connectivity index (χ3v) is 9.04. The summed E-state index contributed by atoms with van der Waals surface area (Å²) >= 11 is 0. The van der Waals surface area contributed by atoms with Gasteiger partial charge in [0.15, 0.2) is 0 Å². The first-order chi connectivity index (χ1) is 19.2. The normalized spacial score (nSPS) is 19.7. The molecule has 2 saturated carbocycles. The molecular formula is C31H44N6O3. The number of aryl methyl sites for hydroxylation is 2. The van der Waals surface area contributed by atoms with Crippen LogP contribution in [-0.4, -0.2) is 70.6 Å². The summed E-state index contributed by atoms with van der Waals surface area (Å²) < 4.78 is 4.93. The van der Waals surface area contributed by atoms with E-state index in [4.69, 9.17) is 19.7 Å². The molecule has 1 aliphatic heterocycles. The van der Waals surface area contributed by atoms with E-state index in [9.17, 15) is 9.59 Å². The maximum absolute atomic E-state index is 13.8. The Morgan fingerprint density at radius 1 is 1.05 bits per heavy atom. The maximum atomic E-state index is 13.8. The highest BCUT2D eigenvalue weighted by atomic mass is 16.5. The highest BCUT2D eigenvalue weighted by molar-refractivity contribution is 5.93. The van der Waals surface area contributed by atoms with Gasteiger partial charge in [0.2, 0.25) is 0 Å². The number of aromatic nitrogens is 3. The Labute approximate surface area is 238 Å². The fourth-order valence-electron chi connectivity index (χ4n) is 6.49. The van der Waals surface area contributed by atoms with Gasteiger partial charge in [0.05, 0.1) is 35.8 Å². The maximum Gasteiger partial charge on any atom is 0.339 e. The molecule has 2 aromatic heterocycles. The second kappa shape index (κ2) is 11.7. The predicted octanol–water partition coefficient (Wildman–Crippen LogP) is 5.28. The van der Waals surface area contributed by atoms with Crippen molar-refractivity contribution in [2.24, 2.45) is 5.92 Å². The number of nitrogens with zero attached hydrogens (tertiary/aromatic N) is 5. The van der Waals surface area contributed by atoms with E-state index in [-0.39, 0.29) is 11.9 Å². The van der Waals surface area contributed by atoms with Gasteiger partial charge in [-0.1, -0.05) is 25.7 Å². The molecule has 1 amide bonds. The lowest BCUT2D eigenvalue weighted by molar-refractivity contribution is 0.0505. The fraction of sp³-hybridized carbons (Fsp3) is 0.645. The van der Waals surface area contributed by atoms with Gasteiger partial charge in [-0.05, 0) is 70.9 Å². The van der Waals surface area contributed by atoms with Crippen molar-refractivity contribution in [3.63, 3.8) is 0 Å². The van der Waals surface area contributed by atoms with Crippen molar-refractivity contribution in [2.45, 2.75) is 90.5 Å². The molecule has 216 valence electrons. The van der Waals surface area contributed by atoms with E-state index in [0.717, 1.165) is 42.3 Å². The van der Waals surface area contributed by atoms with Gasteiger partial charge in [0, 0.05) is 32.1 Å². The third kappa shape index (κ3) is 5.79. The quantitative estimate of drug-likeness (QED) is 0.467. The van der Waals surface area contributed by atoms with Crippen LogP contribution >= 0.6 is 0 Å². The van der Waals surface area contributed by atoms with Crippen molar-refractivity contribution >= 4 is 23.5 Å². The number of nitrogens with one attached hydrogen (secondary N) is 1. The van der Waals surface area contributed by atoms with Crippen LogP contribution in [0, 0.1) is 19.8 Å². The molecule has 3 aliphatic rings. The average molecular weight is 549 g/mol. The summed E-state index contributed by atoms with van der Waals surface area (Å²) in [6.45, 7) is 10.6. The first-order valence-corrected chi connectivity index (χ1v) is 14.9. The molecule has 9 nitrogen and oxygen atoms in total. The van der Waals surface area contributed by atoms with Crippen molar-refractivity contribution in [1.29, 1.82) is 0 Å². The Balaban J connectivity index is 1.31. The van der Waals surface area contributed by atoms with Crippen molar-refractivity contribution in [2.75, 3.05) is 43.5 Å². The van der Waals surface area contributed by atoms with Gasteiger partial charge in [0.25, 0.3) is 5.91 Å². The molecule has 2 aliphatic carbocycles. The van der Waals surface area contributed by atoms with Crippen LogP contribution in [0.4, 0.5) is 11.6 Å². The molecule has 1 saturated heterocycles. The van der Waals surface area contributed by atoms with E-state index in [2.05, 4.69) is 24.1 Å². The SMILES string of the molecule is COC(=O)c1c(C)cc(N2CCN(C(=O)c3cnc(NCC4CCCCC4)c(C4CCC4)n3)C(C)(C)C2)nc1C. The summed E-state index contributed by atoms with van der Waals surface area (Å²) in [6.07, 6.45) is 11.6. The monoisotopic (exact) mass is 548 g/mol. The number of hydrogen-bond donors (Lipinski definition) is 1. The molecule has 0 atom stereocenters. The molecule has 3 fully saturated rings. The van der Waals surface area contributed by atoms with Crippen molar-refractivity contribution < 1.29 is 14.3 Å². The van der Waals surface area contributed by atoms with Gasteiger partial charge in [0.1, 0.15) is 17.3 Å². The van der Waals surface area contributed by atoms with Gasteiger partial charge in [-0.25, -0.2) is 19.7 Å². The van der Waals surface area contributed by atoms with Gasteiger partial charge in [-0.3, -0.25) is 4.79 Å². The zero-order valence-corrected chi connectivity index (χ0v) is 24.8. The lowest BCUT2D eigenvalue weighted by atomic mass is 9.82. The second-order valence-electron chi connectivity index (χ2n) is 12.4. The van der Waals surface area contributed by atoms with Crippen LogP contribution in [-0.2, 0) is 4.74 Å². The van der Waals surface area contributed by atoms with E-state index < -0.39 is 5.54 Å². The molecule has 0 aromatic carbocycles. The van der Waals surface area contributed by atoms with Crippen LogP contribution < -0.4 is 10.2 Å². The number of piperazine rings is 1. The number of pyridine rings is 1. The Morgan fingerprint density at radius 2 is 1.80 bits per heavy atom. The lowest BCUT2D eigenvalue weighted by Gasteiger charge is -2.47. The molecular weight excluding hydrogens is 504 g/mol. The zero-order chi connectivity index (χ0) is 28.4. The summed E-state index contributed by atoms with van der Waals surface area (Å²) in [7, 11) is 1.38. The third-order valence-electron chi connectivity index (χ3n) is 9.04. The standard InChI is InChI=1S/C31H44N6O3/c1-20-16-25(34-21(2)26(20)30(39)40-5)36-14-15-37(31(3,4)19-36)29(38)24-18-33-28(27(35-24)23-12-9-13-23)32-17-22-10-7-6-8-11-22/h16,18,22-23H,6-15,17,19H2,1-5H3,(H,32,33). The molecule has 0 radical (unpaired) electrons. The van der Waals surface area contributed by atoms with Crippen LogP contribution in [0.1, 0.15) is 109 Å². The van der Waals surface area contributed by atoms with Crippen molar-refractivity contribution in [3.05, 3.63) is 40.5 Å². The minimum absolute atomic E-state index is 0.0714. The van der Waals surface area contributed by atoms with Gasteiger partial charge in [-0.2, -0.15) is 0 Å². The van der Waals surface area contributed by atoms with Crippen LogP contribution in [0.15, 0.2) is 12.3 Å². The molecule has 40 heavy (non-hydrogen) atoms. The molecule has 0 spiro atoms. The summed E-state index contributed by atoms with van der Waals surface area (Å²) in [5, 5.41) is 3.60. The number of ether oxygens (including phenoxy) is 1. The van der Waals surface area contributed by atoms with Crippen molar-refractivity contribution in [1.82, 2.24) is 19.9 Å². The number of rotatable bonds is 7. The fourth-order valence-corrected chi connectivity index (χ4v) is 6.49. The van der Waals surface area contributed by atoms with Crippen LogP contribution in [0.5, 0.6) is 0 Å². The summed E-state index contributed by atoms with van der Waals surface area (Å²) in [5.41, 5.74) is 2.94. The molecule has 5 rings (SSSR count). The number of carbonyl (C=O) groups is 2. The molecule has 3 heterocycles. The molecule has 0 bridgehead atoms. The van der Waals surface area contributed by atoms with Gasteiger partial charge < -0.3 is 19.9 Å². The average Bonchev–Trinajstić information content (AvgIpc) is 2.90. The minimum Gasteiger partial charge on any atom is -0.465 e. The number of hydrogen-bond acceptors (Lipinski definition) is 8. The van der Waals surface area contributed by atoms with E-state index in [0.29, 0.717) is 48.4 Å². The zero-order valence-electron chi connectivity index (χ0n) is 24.8. The van der Waals surface area contributed by atoms with Crippen LogP contribution in [0.25, 0.3) is 0 Å². The Hall–Kier alpha value is -3.23. The smallest absolute Gasteiger partial charge is 0.339 e. The van der Waals surface area contributed by atoms with E-state index in [1.54, 1.807) is 6.20 Å². The number of methoxy groups -OCH3 is 1. The molecule has 1 N–H and O–H groups in total. The van der Waals surface area contributed by atoms with Crippen molar-refractivity contribution in [3.8, 4) is 0 Å². The highest BCUT2D eigenvalue weighted by Gasteiger charge is 2.39. The second-order valence-corrected chi connectivity index (χ2v) is 12.4. The highest BCUT2D eigenvalue weighted by Crippen LogP contribution is 2.39. The van der Waals surface area contributed by atoms with E-state index >= 15 is 0 Å². The molecule has 0 unspecified atom stereocenters. The van der Waals surface area contributed by atoms with Crippen LogP contribution in [0.3, 0.4) is 0 Å². The Bertz CT molecular complexity index is 1230.